The Labute approximate surface area is 106 Å². The number of hydrogen-bond donors (Lipinski definition) is 1. The lowest BCUT2D eigenvalue weighted by Crippen LogP contribution is -2.04. The molecule has 0 fully saturated rings. The quantitative estimate of drug-likeness (QED) is 0.883. The van der Waals surface area contributed by atoms with E-state index in [-0.39, 0.29) is 6.42 Å². The molecule has 0 bridgehead atoms. The summed E-state index contributed by atoms with van der Waals surface area (Å²) in [6, 6.07) is 7.97. The van der Waals surface area contributed by atoms with Crippen LogP contribution in [0.5, 0.6) is 5.75 Å². The second kappa shape index (κ2) is 5.12. The van der Waals surface area contributed by atoms with Crippen molar-refractivity contribution in [1.82, 2.24) is 4.57 Å². The zero-order valence-corrected chi connectivity index (χ0v) is 10.6. The predicted molar refractivity (Wildman–Crippen MR) is 70.1 cm³/mol. The van der Waals surface area contributed by atoms with Crippen LogP contribution in [0.2, 0.25) is 0 Å². The number of methoxy groups -OCH3 is 1. The molecule has 0 atom stereocenters. The third-order valence-electron chi connectivity index (χ3n) is 3.11. The van der Waals surface area contributed by atoms with Gasteiger partial charge < -0.3 is 14.4 Å². The maximum absolute atomic E-state index is 10.7. The first-order valence-corrected chi connectivity index (χ1v) is 6.03. The standard InChI is InChI=1S/C14H17NO3/c1-3-15-11(4-7-14(16)17)8-10-9-12(18-2)5-6-13(10)15/h5-6,8-9H,3-4,7H2,1-2H3,(H,16,17). The zero-order valence-electron chi connectivity index (χ0n) is 10.6. The van der Waals surface area contributed by atoms with E-state index in [1.807, 2.05) is 24.3 Å². The van der Waals surface area contributed by atoms with Crippen LogP contribution in [0.15, 0.2) is 24.3 Å². The van der Waals surface area contributed by atoms with Crippen molar-refractivity contribution in [2.24, 2.45) is 0 Å². The van der Waals surface area contributed by atoms with E-state index in [1.54, 1.807) is 7.11 Å². The number of aryl methyl sites for hydroxylation is 2. The minimum atomic E-state index is -0.763. The van der Waals surface area contributed by atoms with Crippen LogP contribution < -0.4 is 4.74 Å². The predicted octanol–water partition coefficient (Wildman–Crippen LogP) is 2.69. The molecule has 0 spiro atoms. The Hall–Kier alpha value is -1.97. The maximum atomic E-state index is 10.7. The molecule has 1 aromatic heterocycles. The summed E-state index contributed by atoms with van der Waals surface area (Å²) in [7, 11) is 1.64. The van der Waals surface area contributed by atoms with Crippen molar-refractivity contribution in [3.63, 3.8) is 0 Å². The summed E-state index contributed by atoms with van der Waals surface area (Å²) in [5, 5.41) is 9.86. The van der Waals surface area contributed by atoms with Gasteiger partial charge in [-0.25, -0.2) is 0 Å². The van der Waals surface area contributed by atoms with E-state index in [0.29, 0.717) is 6.42 Å². The van der Waals surface area contributed by atoms with E-state index < -0.39 is 5.97 Å². The number of benzene rings is 1. The topological polar surface area (TPSA) is 51.5 Å². The molecule has 0 saturated carbocycles. The monoisotopic (exact) mass is 247 g/mol. The van der Waals surface area contributed by atoms with Crippen LogP contribution in [0.3, 0.4) is 0 Å². The van der Waals surface area contributed by atoms with E-state index in [2.05, 4.69) is 11.5 Å². The fourth-order valence-corrected chi connectivity index (χ4v) is 2.25. The molecule has 0 unspecified atom stereocenters. The van der Waals surface area contributed by atoms with Crippen molar-refractivity contribution in [3.05, 3.63) is 30.0 Å². The summed E-state index contributed by atoms with van der Waals surface area (Å²) < 4.78 is 7.35. The highest BCUT2D eigenvalue weighted by atomic mass is 16.5. The third kappa shape index (κ3) is 2.32. The Morgan fingerprint density at radius 2 is 2.17 bits per heavy atom. The Kier molecular flexibility index (Phi) is 3.55. The van der Waals surface area contributed by atoms with Gasteiger partial charge in [-0.15, -0.1) is 0 Å². The van der Waals surface area contributed by atoms with Crippen LogP contribution in [-0.4, -0.2) is 22.8 Å². The number of aliphatic carboxylic acids is 1. The van der Waals surface area contributed by atoms with Gasteiger partial charge in [0.25, 0.3) is 0 Å². The SMILES string of the molecule is CCn1c(CCC(=O)O)cc2cc(OC)ccc21. The summed E-state index contributed by atoms with van der Waals surface area (Å²) in [6.07, 6.45) is 0.716. The highest BCUT2D eigenvalue weighted by molar-refractivity contribution is 5.83. The summed E-state index contributed by atoms with van der Waals surface area (Å²) >= 11 is 0. The molecule has 1 aromatic carbocycles. The van der Waals surface area contributed by atoms with Gasteiger partial charge in [0.05, 0.1) is 13.5 Å². The normalized spacial score (nSPS) is 10.8. The van der Waals surface area contributed by atoms with Gasteiger partial charge >= 0.3 is 5.97 Å². The largest absolute Gasteiger partial charge is 0.497 e. The number of ether oxygens (including phenoxy) is 1. The van der Waals surface area contributed by atoms with Crippen LogP contribution in [0.25, 0.3) is 10.9 Å². The van der Waals surface area contributed by atoms with Crippen molar-refractivity contribution >= 4 is 16.9 Å². The molecule has 2 rings (SSSR count). The van der Waals surface area contributed by atoms with Crippen molar-refractivity contribution in [3.8, 4) is 5.75 Å². The molecule has 18 heavy (non-hydrogen) atoms. The third-order valence-corrected chi connectivity index (χ3v) is 3.11. The summed E-state index contributed by atoms with van der Waals surface area (Å²) in [6.45, 7) is 2.90. The minimum Gasteiger partial charge on any atom is -0.497 e. The highest BCUT2D eigenvalue weighted by Crippen LogP contribution is 2.25. The molecular weight excluding hydrogens is 230 g/mol. The first-order chi connectivity index (χ1) is 8.65. The number of carboxylic acids is 1. The lowest BCUT2D eigenvalue weighted by atomic mass is 10.2. The molecule has 0 aliphatic carbocycles. The summed E-state index contributed by atoms with van der Waals surface area (Å²) in [5.41, 5.74) is 2.18. The number of carboxylic acid groups (broad SMARTS) is 1. The van der Waals surface area contributed by atoms with Gasteiger partial charge in [-0.2, -0.15) is 0 Å². The number of rotatable bonds is 5. The minimum absolute atomic E-state index is 0.160. The molecule has 96 valence electrons. The van der Waals surface area contributed by atoms with Gasteiger partial charge in [-0.05, 0) is 37.6 Å². The van der Waals surface area contributed by atoms with Gasteiger partial charge in [-0.3, -0.25) is 4.79 Å². The Morgan fingerprint density at radius 1 is 1.39 bits per heavy atom. The van der Waals surface area contributed by atoms with Gasteiger partial charge in [0.15, 0.2) is 0 Å². The van der Waals surface area contributed by atoms with Gasteiger partial charge in [0.2, 0.25) is 0 Å². The number of carbonyl (C=O) groups is 1. The Bertz CT molecular complexity index is 572. The van der Waals surface area contributed by atoms with Gasteiger partial charge in [-0.1, -0.05) is 0 Å². The number of fused-ring (bicyclic) bond motifs is 1. The van der Waals surface area contributed by atoms with Crippen molar-refractivity contribution < 1.29 is 14.6 Å². The summed E-state index contributed by atoms with van der Waals surface area (Å²) in [5.74, 6) is 0.0565. The smallest absolute Gasteiger partial charge is 0.303 e. The van der Waals surface area contributed by atoms with Gasteiger partial charge in [0, 0.05) is 23.1 Å². The second-order valence-electron chi connectivity index (χ2n) is 4.20. The maximum Gasteiger partial charge on any atom is 0.303 e. The molecule has 0 aliphatic rings. The van der Waals surface area contributed by atoms with Crippen molar-refractivity contribution in [1.29, 1.82) is 0 Å². The average molecular weight is 247 g/mol. The molecule has 4 heteroatoms. The van der Waals surface area contributed by atoms with Crippen molar-refractivity contribution in [2.75, 3.05) is 7.11 Å². The molecule has 0 saturated heterocycles. The van der Waals surface area contributed by atoms with E-state index in [4.69, 9.17) is 9.84 Å². The first-order valence-electron chi connectivity index (χ1n) is 6.03. The lowest BCUT2D eigenvalue weighted by Gasteiger charge is -2.07. The highest BCUT2D eigenvalue weighted by Gasteiger charge is 2.09. The van der Waals surface area contributed by atoms with Crippen LogP contribution in [0, 0.1) is 0 Å². The van der Waals surface area contributed by atoms with Crippen LogP contribution in [0.1, 0.15) is 19.0 Å². The van der Waals surface area contributed by atoms with Gasteiger partial charge in [0.1, 0.15) is 5.75 Å². The average Bonchev–Trinajstić information content (AvgIpc) is 2.72. The first kappa shape index (κ1) is 12.5. The van der Waals surface area contributed by atoms with E-state index in [1.165, 1.54) is 0 Å². The lowest BCUT2D eigenvalue weighted by molar-refractivity contribution is -0.136. The molecule has 0 radical (unpaired) electrons. The number of hydrogen-bond acceptors (Lipinski definition) is 2. The van der Waals surface area contributed by atoms with E-state index in [0.717, 1.165) is 28.9 Å². The zero-order chi connectivity index (χ0) is 13.1. The molecule has 0 amide bonds. The molecule has 1 heterocycles. The Balaban J connectivity index is 2.43. The fourth-order valence-electron chi connectivity index (χ4n) is 2.25. The molecule has 2 aromatic rings. The molecule has 0 aliphatic heterocycles. The molecule has 4 nitrogen and oxygen atoms in total. The molecule has 1 N–H and O–H groups in total. The van der Waals surface area contributed by atoms with Crippen molar-refractivity contribution in [2.45, 2.75) is 26.3 Å². The summed E-state index contributed by atoms with van der Waals surface area (Å²) in [4.78, 5) is 10.7. The van der Waals surface area contributed by atoms with E-state index >= 15 is 0 Å². The van der Waals surface area contributed by atoms with Crippen LogP contribution in [-0.2, 0) is 17.8 Å². The van der Waals surface area contributed by atoms with Crippen LogP contribution >= 0.6 is 0 Å². The number of nitrogens with zero attached hydrogens (tertiary/aromatic N) is 1. The fraction of sp³-hybridized carbons (Fsp3) is 0.357. The van der Waals surface area contributed by atoms with Crippen LogP contribution in [0.4, 0.5) is 0 Å². The second-order valence-corrected chi connectivity index (χ2v) is 4.20. The Morgan fingerprint density at radius 3 is 2.78 bits per heavy atom. The molecular formula is C14H17NO3. The van der Waals surface area contributed by atoms with E-state index in [9.17, 15) is 4.79 Å². The number of aromatic nitrogens is 1.